The number of thiazole rings is 1. The van der Waals surface area contributed by atoms with Crippen LogP contribution in [0, 0.1) is 13.8 Å². The molecule has 2 N–H and O–H groups in total. The van der Waals surface area contributed by atoms with Crippen molar-refractivity contribution < 1.29 is 14.7 Å². The summed E-state index contributed by atoms with van der Waals surface area (Å²) in [6.07, 6.45) is 0. The summed E-state index contributed by atoms with van der Waals surface area (Å²) in [5.41, 5.74) is 4.94. The highest BCUT2D eigenvalue weighted by Gasteiger charge is 2.03. The number of aliphatic hydroxyl groups is 1. The Balaban J connectivity index is 0.000000557. The van der Waals surface area contributed by atoms with Gasteiger partial charge in [0.2, 0.25) is 0 Å². The maximum absolute atomic E-state index is 9.44. The Hall–Kier alpha value is -2.41. The summed E-state index contributed by atoms with van der Waals surface area (Å²) in [6.45, 7) is 10.2. The van der Waals surface area contributed by atoms with Crippen molar-refractivity contribution in [3.8, 4) is 11.1 Å². The number of aromatic nitrogens is 1. The molecule has 0 aliphatic carbocycles. The SMILES string of the molecule is C=O.CC(C)=O.CNCCO.Cc1cccc(-c2ccc3nc(C)sc3c2)c1. The molecule has 6 heteroatoms. The van der Waals surface area contributed by atoms with E-state index < -0.39 is 0 Å². The summed E-state index contributed by atoms with van der Waals surface area (Å²) in [7, 11) is 1.80. The fourth-order valence-electron chi connectivity index (χ4n) is 2.16. The molecule has 0 radical (unpaired) electrons. The van der Waals surface area contributed by atoms with Gasteiger partial charge in [-0.2, -0.15) is 0 Å². The topological polar surface area (TPSA) is 79.3 Å². The van der Waals surface area contributed by atoms with Crippen LogP contribution < -0.4 is 5.32 Å². The van der Waals surface area contributed by atoms with Gasteiger partial charge in [0.1, 0.15) is 12.6 Å². The molecule has 3 rings (SSSR count). The molecule has 28 heavy (non-hydrogen) atoms. The second-order valence-corrected chi connectivity index (χ2v) is 7.26. The average molecular weight is 403 g/mol. The van der Waals surface area contributed by atoms with Gasteiger partial charge in [0.15, 0.2) is 0 Å². The van der Waals surface area contributed by atoms with E-state index >= 15 is 0 Å². The van der Waals surface area contributed by atoms with Gasteiger partial charge >= 0.3 is 0 Å². The highest BCUT2D eigenvalue weighted by atomic mass is 32.1. The molecular formula is C22H30N2O3S. The van der Waals surface area contributed by atoms with Crippen LogP contribution in [0.25, 0.3) is 21.3 Å². The van der Waals surface area contributed by atoms with Gasteiger partial charge in [-0.3, -0.25) is 0 Å². The van der Waals surface area contributed by atoms with E-state index in [0.29, 0.717) is 6.54 Å². The van der Waals surface area contributed by atoms with E-state index in [1.54, 1.807) is 18.4 Å². The third-order valence-corrected chi connectivity index (χ3v) is 4.14. The molecule has 5 nitrogen and oxygen atoms in total. The lowest BCUT2D eigenvalue weighted by molar-refractivity contribution is -0.115. The smallest absolute Gasteiger partial charge is 0.126 e. The number of aliphatic hydroxyl groups excluding tert-OH is 1. The average Bonchev–Trinajstić information content (AvgIpc) is 3.03. The summed E-state index contributed by atoms with van der Waals surface area (Å²) in [4.78, 5) is 21.9. The first-order valence-corrected chi connectivity index (χ1v) is 9.64. The number of rotatable bonds is 3. The first-order chi connectivity index (χ1) is 13.4. The fraction of sp³-hybridized carbons (Fsp3) is 0.318. The number of carbonyl (C=O) groups is 2. The van der Waals surface area contributed by atoms with Gasteiger partial charge in [-0.25, -0.2) is 4.98 Å². The Labute approximate surface area is 171 Å². The zero-order valence-corrected chi connectivity index (χ0v) is 18.1. The quantitative estimate of drug-likeness (QED) is 0.687. The Bertz CT molecular complexity index is 841. The molecule has 0 atom stereocenters. The molecule has 1 heterocycles. The predicted molar refractivity (Wildman–Crippen MR) is 119 cm³/mol. The van der Waals surface area contributed by atoms with Crippen LogP contribution in [0.1, 0.15) is 24.4 Å². The maximum Gasteiger partial charge on any atom is 0.126 e. The van der Waals surface area contributed by atoms with E-state index in [1.165, 1.54) is 35.2 Å². The van der Waals surface area contributed by atoms with Gasteiger partial charge in [-0.1, -0.05) is 35.9 Å². The molecular weight excluding hydrogens is 372 g/mol. The normalized spacial score (nSPS) is 9.21. The zero-order chi connectivity index (χ0) is 21.5. The molecule has 0 saturated heterocycles. The minimum atomic E-state index is 0.167. The molecule has 0 fully saturated rings. The minimum Gasteiger partial charge on any atom is -0.395 e. The lowest BCUT2D eigenvalue weighted by Crippen LogP contribution is -2.10. The Morgan fingerprint density at radius 2 is 1.71 bits per heavy atom. The van der Waals surface area contributed by atoms with E-state index in [9.17, 15) is 4.79 Å². The van der Waals surface area contributed by atoms with Crippen LogP contribution in [0.2, 0.25) is 0 Å². The lowest BCUT2D eigenvalue weighted by Gasteiger charge is -2.02. The van der Waals surface area contributed by atoms with Crippen molar-refractivity contribution in [2.75, 3.05) is 20.2 Å². The first-order valence-electron chi connectivity index (χ1n) is 8.83. The van der Waals surface area contributed by atoms with Crippen molar-refractivity contribution in [3.63, 3.8) is 0 Å². The molecule has 3 aromatic rings. The van der Waals surface area contributed by atoms with Crippen molar-refractivity contribution in [2.24, 2.45) is 0 Å². The molecule has 1 aromatic heterocycles. The van der Waals surface area contributed by atoms with Gasteiger partial charge in [-0.05, 0) is 58.0 Å². The molecule has 0 bridgehead atoms. The molecule has 0 aliphatic heterocycles. The molecule has 0 aliphatic rings. The van der Waals surface area contributed by atoms with Gasteiger partial charge < -0.3 is 20.0 Å². The summed E-state index contributed by atoms with van der Waals surface area (Å²) in [5, 5.41) is 11.9. The summed E-state index contributed by atoms with van der Waals surface area (Å²) in [5.74, 6) is 0.167. The molecule has 0 unspecified atom stereocenters. The van der Waals surface area contributed by atoms with Gasteiger partial charge in [0.05, 0.1) is 21.8 Å². The van der Waals surface area contributed by atoms with E-state index in [-0.39, 0.29) is 12.4 Å². The molecule has 152 valence electrons. The van der Waals surface area contributed by atoms with Crippen molar-refractivity contribution in [1.82, 2.24) is 10.3 Å². The molecule has 0 spiro atoms. The highest BCUT2D eigenvalue weighted by Crippen LogP contribution is 2.28. The third-order valence-electron chi connectivity index (χ3n) is 3.21. The fourth-order valence-corrected chi connectivity index (χ4v) is 3.02. The number of nitrogens with one attached hydrogen (secondary N) is 1. The number of carbonyl (C=O) groups excluding carboxylic acids is 2. The third kappa shape index (κ3) is 10.1. The van der Waals surface area contributed by atoms with Crippen LogP contribution in [0.5, 0.6) is 0 Å². The van der Waals surface area contributed by atoms with Crippen LogP contribution in [-0.2, 0) is 9.59 Å². The van der Waals surface area contributed by atoms with E-state index in [4.69, 9.17) is 9.90 Å². The number of hydrogen-bond acceptors (Lipinski definition) is 6. The number of Topliss-reactive ketones (excluding diaryl/α,β-unsaturated/α-hetero) is 1. The van der Waals surface area contributed by atoms with Crippen molar-refractivity contribution in [1.29, 1.82) is 0 Å². The Kier molecular flexibility index (Phi) is 13.4. The Morgan fingerprint density at radius 3 is 2.21 bits per heavy atom. The van der Waals surface area contributed by atoms with Crippen LogP contribution in [0.15, 0.2) is 42.5 Å². The number of benzene rings is 2. The zero-order valence-electron chi connectivity index (χ0n) is 17.3. The second-order valence-electron chi connectivity index (χ2n) is 6.02. The van der Waals surface area contributed by atoms with Crippen LogP contribution in [0.4, 0.5) is 0 Å². The van der Waals surface area contributed by atoms with E-state index in [1.807, 2.05) is 6.79 Å². The predicted octanol–water partition coefficient (Wildman–Crippen LogP) is 4.19. The van der Waals surface area contributed by atoms with Gasteiger partial charge in [0.25, 0.3) is 0 Å². The summed E-state index contributed by atoms with van der Waals surface area (Å²) >= 11 is 1.75. The highest BCUT2D eigenvalue weighted by molar-refractivity contribution is 7.18. The van der Waals surface area contributed by atoms with Crippen LogP contribution in [-0.4, -0.2) is 42.9 Å². The van der Waals surface area contributed by atoms with Crippen molar-refractivity contribution >= 4 is 34.1 Å². The maximum atomic E-state index is 9.44. The standard InChI is InChI=1S/C15H13NS.C3H9NO.C3H6O.CH2O/c1-10-4-3-5-12(8-10)13-6-7-14-15(9-13)17-11(2)16-14;1-4-2-3-5;1-3(2)4;1-2/h3-9H,1-2H3;4-5H,2-3H2,1H3;1-2H3;1H2. The second kappa shape index (κ2) is 14.6. The number of hydrogen-bond donors (Lipinski definition) is 2. The van der Waals surface area contributed by atoms with Crippen molar-refractivity contribution in [2.45, 2.75) is 27.7 Å². The number of ketones is 1. The summed E-state index contributed by atoms with van der Waals surface area (Å²) in [6, 6.07) is 15.1. The van der Waals surface area contributed by atoms with Gasteiger partial charge in [0, 0.05) is 6.54 Å². The number of fused-ring (bicyclic) bond motifs is 1. The molecule has 0 amide bonds. The van der Waals surface area contributed by atoms with Gasteiger partial charge in [-0.15, -0.1) is 11.3 Å². The largest absolute Gasteiger partial charge is 0.395 e. The number of aryl methyl sites for hydroxylation is 2. The number of likely N-dealkylation sites (N-methyl/N-ethyl adjacent to an activating group) is 1. The van der Waals surface area contributed by atoms with Crippen LogP contribution >= 0.6 is 11.3 Å². The molecule has 0 saturated carbocycles. The number of nitrogens with zero attached hydrogens (tertiary/aromatic N) is 1. The first kappa shape index (κ1) is 25.6. The van der Waals surface area contributed by atoms with Crippen molar-refractivity contribution in [3.05, 3.63) is 53.0 Å². The minimum absolute atomic E-state index is 0.167. The van der Waals surface area contributed by atoms with E-state index in [0.717, 1.165) is 10.5 Å². The Morgan fingerprint density at radius 1 is 1.11 bits per heavy atom. The lowest BCUT2D eigenvalue weighted by atomic mass is 10.0. The van der Waals surface area contributed by atoms with Crippen LogP contribution in [0.3, 0.4) is 0 Å². The molecule has 2 aromatic carbocycles. The summed E-state index contributed by atoms with van der Waals surface area (Å²) < 4.78 is 1.27. The van der Waals surface area contributed by atoms with E-state index in [2.05, 4.69) is 66.6 Å². The monoisotopic (exact) mass is 402 g/mol.